The third-order valence-electron chi connectivity index (χ3n) is 11.0. The summed E-state index contributed by atoms with van der Waals surface area (Å²) in [7, 11) is 0. The number of nitrogens with one attached hydrogen (secondary N) is 1. The van der Waals surface area contributed by atoms with E-state index in [0.717, 1.165) is 38.5 Å². The number of carbonyl (C=O) groups excluding carboxylic acids is 1. The molecule has 0 rings (SSSR count). The van der Waals surface area contributed by atoms with Crippen molar-refractivity contribution in [2.24, 2.45) is 0 Å². The SMILES string of the molecule is CCCCCCCCCCCCCC/C=C\CCCCCCCCCCCC(O)C(=O)NC(CO)C(O)C(O)CCCCCCCCCCCCC. The molecule has 0 spiro atoms. The Kier molecular flexibility index (Phi) is 40.5. The van der Waals surface area contributed by atoms with Crippen LogP contribution in [0.4, 0.5) is 0 Å². The van der Waals surface area contributed by atoms with E-state index in [0.29, 0.717) is 12.8 Å². The van der Waals surface area contributed by atoms with E-state index >= 15 is 0 Å². The van der Waals surface area contributed by atoms with Gasteiger partial charge in [-0.2, -0.15) is 0 Å². The molecule has 0 aliphatic heterocycles. The Morgan fingerprint density at radius 1 is 0.462 bits per heavy atom. The Morgan fingerprint density at radius 2 is 0.769 bits per heavy atom. The van der Waals surface area contributed by atoms with Gasteiger partial charge in [0.1, 0.15) is 12.2 Å². The lowest BCUT2D eigenvalue weighted by Gasteiger charge is -2.27. The van der Waals surface area contributed by atoms with E-state index < -0.39 is 36.9 Å². The molecule has 0 bridgehead atoms. The van der Waals surface area contributed by atoms with Crippen molar-refractivity contribution in [3.8, 4) is 0 Å². The first-order chi connectivity index (χ1) is 25.5. The van der Waals surface area contributed by atoms with Gasteiger partial charge in [-0.15, -0.1) is 0 Å². The number of hydrogen-bond acceptors (Lipinski definition) is 5. The molecule has 0 aromatic carbocycles. The van der Waals surface area contributed by atoms with Crippen molar-refractivity contribution in [1.82, 2.24) is 5.32 Å². The number of hydrogen-bond donors (Lipinski definition) is 5. The lowest BCUT2D eigenvalue weighted by Crippen LogP contribution is -2.53. The van der Waals surface area contributed by atoms with Crippen molar-refractivity contribution >= 4 is 5.91 Å². The van der Waals surface area contributed by atoms with Crippen LogP contribution in [0.2, 0.25) is 0 Å². The lowest BCUT2D eigenvalue weighted by molar-refractivity contribution is -0.132. The molecule has 0 aromatic heterocycles. The van der Waals surface area contributed by atoms with Gasteiger partial charge in [-0.25, -0.2) is 0 Å². The predicted molar refractivity (Wildman–Crippen MR) is 224 cm³/mol. The van der Waals surface area contributed by atoms with Gasteiger partial charge in [0.15, 0.2) is 0 Å². The van der Waals surface area contributed by atoms with Gasteiger partial charge in [0.25, 0.3) is 0 Å². The maximum absolute atomic E-state index is 12.5. The van der Waals surface area contributed by atoms with Gasteiger partial charge in [-0.1, -0.05) is 219 Å². The van der Waals surface area contributed by atoms with Crippen LogP contribution >= 0.6 is 0 Å². The zero-order chi connectivity index (χ0) is 38.2. The van der Waals surface area contributed by atoms with Crippen LogP contribution in [0.5, 0.6) is 0 Å². The van der Waals surface area contributed by atoms with Crippen LogP contribution in [-0.2, 0) is 4.79 Å². The molecule has 0 saturated carbocycles. The Balaban J connectivity index is 3.64. The molecule has 0 aromatic rings. The van der Waals surface area contributed by atoms with Gasteiger partial charge in [0, 0.05) is 0 Å². The van der Waals surface area contributed by atoms with E-state index in [1.54, 1.807) is 0 Å². The highest BCUT2D eigenvalue weighted by atomic mass is 16.3. The second-order valence-corrected chi connectivity index (χ2v) is 16.1. The molecule has 6 heteroatoms. The molecule has 0 aliphatic carbocycles. The van der Waals surface area contributed by atoms with Gasteiger partial charge < -0.3 is 25.7 Å². The number of unbranched alkanes of at least 4 members (excludes halogenated alkanes) is 31. The third kappa shape index (κ3) is 34.8. The quantitative estimate of drug-likeness (QED) is 0.0316. The fraction of sp³-hybridized carbons (Fsp3) is 0.935. The highest BCUT2D eigenvalue weighted by Crippen LogP contribution is 2.17. The van der Waals surface area contributed by atoms with Gasteiger partial charge in [-0.3, -0.25) is 4.79 Å². The Morgan fingerprint density at radius 3 is 1.12 bits per heavy atom. The number of amides is 1. The number of allylic oxidation sites excluding steroid dienone is 2. The monoisotopic (exact) mass is 738 g/mol. The van der Waals surface area contributed by atoms with Crippen LogP contribution < -0.4 is 5.32 Å². The summed E-state index contributed by atoms with van der Waals surface area (Å²) in [5, 5.41) is 43.6. The molecule has 5 N–H and O–H groups in total. The molecule has 310 valence electrons. The predicted octanol–water partition coefficient (Wildman–Crippen LogP) is 12.2. The van der Waals surface area contributed by atoms with Gasteiger partial charge in [0.05, 0.1) is 18.8 Å². The van der Waals surface area contributed by atoms with Gasteiger partial charge in [0.2, 0.25) is 5.91 Å². The van der Waals surface area contributed by atoms with Crippen molar-refractivity contribution in [2.75, 3.05) is 6.61 Å². The summed E-state index contributed by atoms with van der Waals surface area (Å²) in [6, 6.07) is -0.982. The second kappa shape index (κ2) is 41.2. The maximum Gasteiger partial charge on any atom is 0.249 e. The molecule has 0 radical (unpaired) electrons. The molecule has 4 atom stereocenters. The molecular formula is C46H91NO5. The molecule has 1 amide bonds. The zero-order valence-corrected chi connectivity index (χ0v) is 34.8. The molecular weight excluding hydrogens is 647 g/mol. The number of aliphatic hydroxyl groups is 4. The Hall–Kier alpha value is -0.950. The van der Waals surface area contributed by atoms with Crippen LogP contribution in [0.3, 0.4) is 0 Å². The summed E-state index contributed by atoms with van der Waals surface area (Å²) in [6.45, 7) is 4.05. The molecule has 0 aliphatic rings. The fourth-order valence-electron chi connectivity index (χ4n) is 7.28. The normalized spacial score (nSPS) is 14.2. The van der Waals surface area contributed by atoms with Crippen molar-refractivity contribution < 1.29 is 25.2 Å². The van der Waals surface area contributed by atoms with E-state index in [-0.39, 0.29) is 0 Å². The fourth-order valence-corrected chi connectivity index (χ4v) is 7.28. The molecule has 6 nitrogen and oxygen atoms in total. The lowest BCUT2D eigenvalue weighted by atomic mass is 9.99. The second-order valence-electron chi connectivity index (χ2n) is 16.1. The zero-order valence-electron chi connectivity index (χ0n) is 34.8. The standard InChI is InChI=1S/C46H91NO5/c1-3-5-7-9-11-13-15-16-17-18-19-20-21-22-23-24-25-26-27-28-30-32-34-36-38-40-44(50)46(52)47-42(41-48)45(51)43(49)39-37-35-33-31-29-14-12-10-8-6-4-2/h22-23,42-45,48-51H,3-21,24-41H2,1-2H3,(H,47,52)/b23-22-. The third-order valence-corrected chi connectivity index (χ3v) is 11.0. The first-order valence-electron chi connectivity index (χ1n) is 23.1. The summed E-state index contributed by atoms with van der Waals surface area (Å²) in [5.74, 6) is -0.584. The van der Waals surface area contributed by atoms with Crippen molar-refractivity contribution in [3.05, 3.63) is 12.2 Å². The number of rotatable bonds is 42. The van der Waals surface area contributed by atoms with Crippen molar-refractivity contribution in [3.63, 3.8) is 0 Å². The van der Waals surface area contributed by atoms with Crippen LogP contribution in [0.15, 0.2) is 12.2 Å². The molecule has 52 heavy (non-hydrogen) atoms. The summed E-state index contributed by atoms with van der Waals surface area (Å²) in [6.07, 6.45) is 45.4. The van der Waals surface area contributed by atoms with Crippen LogP contribution in [-0.4, -0.2) is 57.3 Å². The van der Waals surface area contributed by atoms with E-state index in [4.69, 9.17) is 0 Å². The Bertz CT molecular complexity index is 746. The van der Waals surface area contributed by atoms with Gasteiger partial charge in [-0.05, 0) is 38.5 Å². The first kappa shape index (κ1) is 51.0. The minimum absolute atomic E-state index is 0.369. The molecule has 4 unspecified atom stereocenters. The summed E-state index contributed by atoms with van der Waals surface area (Å²) < 4.78 is 0. The number of carbonyl (C=O) groups is 1. The number of aliphatic hydroxyl groups excluding tert-OH is 4. The van der Waals surface area contributed by atoms with Crippen LogP contribution in [0.1, 0.15) is 245 Å². The largest absolute Gasteiger partial charge is 0.394 e. The minimum Gasteiger partial charge on any atom is -0.394 e. The first-order valence-corrected chi connectivity index (χ1v) is 23.1. The molecule has 0 fully saturated rings. The van der Waals surface area contributed by atoms with E-state index in [1.165, 1.54) is 180 Å². The minimum atomic E-state index is -1.25. The van der Waals surface area contributed by atoms with E-state index in [9.17, 15) is 25.2 Å². The highest BCUT2D eigenvalue weighted by molar-refractivity contribution is 5.80. The summed E-state index contributed by atoms with van der Waals surface area (Å²) >= 11 is 0. The van der Waals surface area contributed by atoms with Crippen molar-refractivity contribution in [2.45, 2.75) is 269 Å². The molecule has 0 saturated heterocycles. The smallest absolute Gasteiger partial charge is 0.249 e. The van der Waals surface area contributed by atoms with Crippen molar-refractivity contribution in [1.29, 1.82) is 0 Å². The van der Waals surface area contributed by atoms with E-state index in [2.05, 4.69) is 31.3 Å². The maximum atomic E-state index is 12.5. The van der Waals surface area contributed by atoms with Crippen LogP contribution in [0, 0.1) is 0 Å². The highest BCUT2D eigenvalue weighted by Gasteiger charge is 2.28. The summed E-state index contributed by atoms with van der Waals surface area (Å²) in [5.41, 5.74) is 0. The average Bonchev–Trinajstić information content (AvgIpc) is 3.15. The molecule has 0 heterocycles. The van der Waals surface area contributed by atoms with Crippen LogP contribution in [0.25, 0.3) is 0 Å². The summed E-state index contributed by atoms with van der Waals surface area (Å²) in [4.78, 5) is 12.5. The topological polar surface area (TPSA) is 110 Å². The van der Waals surface area contributed by atoms with Gasteiger partial charge >= 0.3 is 0 Å². The Labute approximate surface area is 323 Å². The van der Waals surface area contributed by atoms with E-state index in [1.807, 2.05) is 0 Å². The average molecular weight is 738 g/mol.